The Labute approximate surface area is 154 Å². The van der Waals surface area contributed by atoms with Gasteiger partial charge in [0.25, 0.3) is 0 Å². The molecule has 0 bridgehead atoms. The Morgan fingerprint density at radius 2 is 1.92 bits per heavy atom. The van der Waals surface area contributed by atoms with Gasteiger partial charge in [-0.3, -0.25) is 4.79 Å². The number of phenols is 1. The minimum atomic E-state index is -0.550. The summed E-state index contributed by atoms with van der Waals surface area (Å²) in [5.41, 5.74) is 1.02. The van der Waals surface area contributed by atoms with E-state index in [9.17, 15) is 14.7 Å². The normalized spacial score (nSPS) is 10.8. The molecule has 0 fully saturated rings. The smallest absolute Gasteiger partial charge is 0.336 e. The number of ether oxygens (including phenoxy) is 1. The number of thioether (sulfide) groups is 1. The molecule has 3 aromatic rings. The molecule has 0 aliphatic carbocycles. The summed E-state index contributed by atoms with van der Waals surface area (Å²) in [6.45, 7) is 1.89. The maximum absolute atomic E-state index is 12.0. The van der Waals surface area contributed by atoms with Crippen LogP contribution in [0.4, 0.5) is 0 Å². The SMILES string of the molecule is CCc1cc2c(COC(=O)CSc3ccccc3)cc(=O)oc2cc1O. The summed E-state index contributed by atoms with van der Waals surface area (Å²) < 4.78 is 10.4. The Bertz CT molecular complexity index is 979. The number of esters is 1. The third-order valence-electron chi connectivity index (χ3n) is 3.90. The Morgan fingerprint density at radius 3 is 2.65 bits per heavy atom. The summed E-state index contributed by atoms with van der Waals surface area (Å²) in [5, 5.41) is 10.6. The highest BCUT2D eigenvalue weighted by Gasteiger charge is 2.12. The van der Waals surface area contributed by atoms with E-state index in [1.165, 1.54) is 23.9 Å². The summed E-state index contributed by atoms with van der Waals surface area (Å²) in [6, 6.07) is 14.1. The lowest BCUT2D eigenvalue weighted by atomic mass is 10.0. The molecule has 0 aliphatic heterocycles. The molecule has 0 saturated carbocycles. The van der Waals surface area contributed by atoms with E-state index in [4.69, 9.17) is 9.15 Å². The van der Waals surface area contributed by atoms with Gasteiger partial charge in [0, 0.05) is 28.0 Å². The van der Waals surface area contributed by atoms with Crippen LogP contribution in [0.15, 0.2) is 62.6 Å². The Kier molecular flexibility index (Phi) is 5.63. The Hall–Kier alpha value is -2.73. The number of benzene rings is 2. The van der Waals surface area contributed by atoms with Gasteiger partial charge in [0.1, 0.15) is 17.9 Å². The van der Waals surface area contributed by atoms with E-state index in [2.05, 4.69) is 0 Å². The van der Waals surface area contributed by atoms with E-state index in [0.29, 0.717) is 17.4 Å². The van der Waals surface area contributed by atoms with Crippen LogP contribution < -0.4 is 5.63 Å². The number of hydrogen-bond acceptors (Lipinski definition) is 6. The van der Waals surface area contributed by atoms with Gasteiger partial charge in [0.15, 0.2) is 0 Å². The third-order valence-corrected chi connectivity index (χ3v) is 4.88. The number of fused-ring (bicyclic) bond motifs is 1. The summed E-state index contributed by atoms with van der Waals surface area (Å²) in [7, 11) is 0. The zero-order chi connectivity index (χ0) is 18.5. The van der Waals surface area contributed by atoms with Crippen molar-refractivity contribution in [1.29, 1.82) is 0 Å². The topological polar surface area (TPSA) is 76.7 Å². The average Bonchev–Trinajstić information content (AvgIpc) is 2.64. The lowest BCUT2D eigenvalue weighted by molar-refractivity contribution is -0.141. The second kappa shape index (κ2) is 8.10. The van der Waals surface area contributed by atoms with Crippen molar-refractivity contribution in [3.05, 3.63) is 70.1 Å². The van der Waals surface area contributed by atoms with Gasteiger partial charge in [-0.05, 0) is 30.2 Å². The summed E-state index contributed by atoms with van der Waals surface area (Å²) in [4.78, 5) is 24.7. The molecule has 1 N–H and O–H groups in total. The monoisotopic (exact) mass is 370 g/mol. The number of hydrogen-bond donors (Lipinski definition) is 1. The van der Waals surface area contributed by atoms with Gasteiger partial charge in [-0.15, -0.1) is 11.8 Å². The maximum Gasteiger partial charge on any atom is 0.336 e. The Balaban J connectivity index is 1.73. The van der Waals surface area contributed by atoms with Crippen LogP contribution in [0.2, 0.25) is 0 Å². The van der Waals surface area contributed by atoms with Gasteiger partial charge in [-0.25, -0.2) is 4.79 Å². The van der Waals surface area contributed by atoms with Crippen molar-refractivity contribution >= 4 is 28.7 Å². The zero-order valence-electron chi connectivity index (χ0n) is 14.2. The van der Waals surface area contributed by atoms with Crippen LogP contribution in [0.1, 0.15) is 18.1 Å². The second-order valence-electron chi connectivity index (χ2n) is 5.68. The van der Waals surface area contributed by atoms with Gasteiger partial charge < -0.3 is 14.3 Å². The van der Waals surface area contributed by atoms with Crippen molar-refractivity contribution in [1.82, 2.24) is 0 Å². The van der Waals surface area contributed by atoms with Crippen molar-refractivity contribution < 1.29 is 19.1 Å². The summed E-state index contributed by atoms with van der Waals surface area (Å²) in [5.74, 6) is -0.101. The fourth-order valence-electron chi connectivity index (χ4n) is 2.57. The minimum absolute atomic E-state index is 0.0236. The van der Waals surface area contributed by atoms with Crippen LogP contribution in [0.5, 0.6) is 5.75 Å². The highest BCUT2D eigenvalue weighted by atomic mass is 32.2. The van der Waals surface area contributed by atoms with Crippen LogP contribution in [0, 0.1) is 0 Å². The Morgan fingerprint density at radius 1 is 1.15 bits per heavy atom. The summed E-state index contributed by atoms with van der Waals surface area (Å²) in [6.07, 6.45) is 0.633. The molecule has 0 unspecified atom stereocenters. The summed E-state index contributed by atoms with van der Waals surface area (Å²) >= 11 is 1.39. The van der Waals surface area contributed by atoms with Gasteiger partial charge in [-0.1, -0.05) is 25.1 Å². The molecule has 134 valence electrons. The number of carbonyl (C=O) groups is 1. The van der Waals surface area contributed by atoms with Crippen LogP contribution in [0.3, 0.4) is 0 Å². The highest BCUT2D eigenvalue weighted by molar-refractivity contribution is 8.00. The molecule has 5 nitrogen and oxygen atoms in total. The van der Waals surface area contributed by atoms with Crippen LogP contribution in [0.25, 0.3) is 11.0 Å². The first-order valence-electron chi connectivity index (χ1n) is 8.19. The molecular formula is C20H18O5S. The molecule has 1 heterocycles. The van der Waals surface area contributed by atoms with Crippen molar-refractivity contribution in [2.45, 2.75) is 24.8 Å². The highest BCUT2D eigenvalue weighted by Crippen LogP contribution is 2.27. The number of phenolic OH excluding ortho intramolecular Hbond substituents is 1. The molecule has 3 rings (SSSR count). The number of aromatic hydroxyl groups is 1. The molecule has 0 spiro atoms. The molecule has 1 aromatic heterocycles. The van der Waals surface area contributed by atoms with Crippen molar-refractivity contribution in [3.63, 3.8) is 0 Å². The second-order valence-corrected chi connectivity index (χ2v) is 6.73. The van der Waals surface area contributed by atoms with E-state index in [-0.39, 0.29) is 29.7 Å². The lowest BCUT2D eigenvalue weighted by Crippen LogP contribution is -2.09. The fourth-order valence-corrected chi connectivity index (χ4v) is 3.29. The van der Waals surface area contributed by atoms with E-state index in [1.807, 2.05) is 37.3 Å². The fraction of sp³-hybridized carbons (Fsp3) is 0.200. The van der Waals surface area contributed by atoms with Gasteiger partial charge in [0.05, 0.1) is 5.75 Å². The maximum atomic E-state index is 12.0. The van der Waals surface area contributed by atoms with E-state index in [0.717, 1.165) is 10.5 Å². The standard InChI is InChI=1S/C20H18O5S/c1-2-13-8-16-14(9-19(22)25-18(16)10-17(13)21)11-24-20(23)12-26-15-6-4-3-5-7-15/h3-10,21H,2,11-12H2,1H3. The minimum Gasteiger partial charge on any atom is -0.508 e. The molecule has 0 aliphatic rings. The van der Waals surface area contributed by atoms with E-state index in [1.54, 1.807) is 6.07 Å². The molecule has 0 saturated heterocycles. The first-order chi connectivity index (χ1) is 12.6. The molecule has 0 atom stereocenters. The first-order valence-corrected chi connectivity index (χ1v) is 9.17. The van der Waals surface area contributed by atoms with E-state index < -0.39 is 5.63 Å². The molecule has 26 heavy (non-hydrogen) atoms. The quantitative estimate of drug-likeness (QED) is 0.403. The predicted molar refractivity (Wildman–Crippen MR) is 100 cm³/mol. The zero-order valence-corrected chi connectivity index (χ0v) is 15.0. The number of rotatable bonds is 6. The lowest BCUT2D eigenvalue weighted by Gasteiger charge is -2.09. The molecule has 6 heteroatoms. The van der Waals surface area contributed by atoms with Crippen molar-refractivity contribution in [2.24, 2.45) is 0 Å². The molecule has 0 radical (unpaired) electrons. The molecule has 2 aromatic carbocycles. The van der Waals surface area contributed by atoms with Gasteiger partial charge in [-0.2, -0.15) is 0 Å². The molecule has 0 amide bonds. The van der Waals surface area contributed by atoms with Gasteiger partial charge >= 0.3 is 11.6 Å². The van der Waals surface area contributed by atoms with Crippen LogP contribution >= 0.6 is 11.8 Å². The number of carbonyl (C=O) groups excluding carboxylic acids is 1. The van der Waals surface area contributed by atoms with Gasteiger partial charge in [0.2, 0.25) is 0 Å². The van der Waals surface area contributed by atoms with Crippen LogP contribution in [-0.4, -0.2) is 16.8 Å². The molecular weight excluding hydrogens is 352 g/mol. The van der Waals surface area contributed by atoms with Crippen molar-refractivity contribution in [3.8, 4) is 5.75 Å². The van der Waals surface area contributed by atoms with E-state index >= 15 is 0 Å². The largest absolute Gasteiger partial charge is 0.508 e. The average molecular weight is 370 g/mol. The van der Waals surface area contributed by atoms with Crippen LogP contribution in [-0.2, 0) is 22.6 Å². The predicted octanol–water partition coefficient (Wildman–Crippen LogP) is 3.90. The third kappa shape index (κ3) is 4.26. The first kappa shape index (κ1) is 18.1. The number of aryl methyl sites for hydroxylation is 1. The van der Waals surface area contributed by atoms with Crippen molar-refractivity contribution in [2.75, 3.05) is 5.75 Å².